The van der Waals surface area contributed by atoms with E-state index in [9.17, 15) is 9.59 Å². The molecule has 0 radical (unpaired) electrons. The van der Waals surface area contributed by atoms with Gasteiger partial charge < -0.3 is 15.5 Å². The van der Waals surface area contributed by atoms with Crippen molar-refractivity contribution < 1.29 is 9.59 Å². The van der Waals surface area contributed by atoms with Crippen molar-refractivity contribution in [1.82, 2.24) is 20.4 Å². The van der Waals surface area contributed by atoms with Gasteiger partial charge >= 0.3 is 0 Å². The zero-order valence-corrected chi connectivity index (χ0v) is 18.4. The molecule has 4 bridgehead atoms. The van der Waals surface area contributed by atoms with Crippen LogP contribution in [0.25, 0.3) is 0 Å². The van der Waals surface area contributed by atoms with Gasteiger partial charge in [0, 0.05) is 63.7 Å². The minimum Gasteiger partial charge on any atom is -0.355 e. The van der Waals surface area contributed by atoms with Gasteiger partial charge in [-0.2, -0.15) is 0 Å². The molecule has 1 atom stereocenters. The van der Waals surface area contributed by atoms with Crippen LogP contribution in [-0.2, 0) is 9.59 Å². The highest BCUT2D eigenvalue weighted by Crippen LogP contribution is 2.60. The zero-order chi connectivity index (χ0) is 19.1. The van der Waals surface area contributed by atoms with Gasteiger partial charge in [-0.15, -0.1) is 12.4 Å². The van der Waals surface area contributed by atoms with Crippen LogP contribution < -0.4 is 10.6 Å². The third-order valence-electron chi connectivity index (χ3n) is 8.33. The van der Waals surface area contributed by atoms with Crippen LogP contribution in [0.5, 0.6) is 0 Å². The Labute approximate surface area is 180 Å². The maximum Gasteiger partial charge on any atom is 0.226 e. The molecule has 4 saturated carbocycles. The van der Waals surface area contributed by atoms with Crippen molar-refractivity contribution in [3.8, 4) is 0 Å². The van der Waals surface area contributed by atoms with Crippen LogP contribution in [0.3, 0.4) is 0 Å². The Morgan fingerprint density at radius 3 is 2.21 bits per heavy atom. The van der Waals surface area contributed by atoms with Crippen molar-refractivity contribution in [3.05, 3.63) is 0 Å². The molecule has 7 heteroatoms. The molecule has 2 saturated heterocycles. The number of rotatable bonds is 5. The van der Waals surface area contributed by atoms with Crippen LogP contribution in [0.4, 0.5) is 0 Å². The smallest absolute Gasteiger partial charge is 0.226 e. The van der Waals surface area contributed by atoms with E-state index in [2.05, 4.69) is 15.5 Å². The summed E-state index contributed by atoms with van der Waals surface area (Å²) in [7, 11) is 0. The normalized spacial score (nSPS) is 38.7. The third kappa shape index (κ3) is 4.31. The Hall–Kier alpha value is -0.850. The van der Waals surface area contributed by atoms with E-state index in [-0.39, 0.29) is 29.6 Å². The Morgan fingerprint density at radius 1 is 0.966 bits per heavy atom. The molecular formula is C22H37ClN4O2. The fourth-order valence-corrected chi connectivity index (χ4v) is 7.33. The van der Waals surface area contributed by atoms with Crippen molar-refractivity contribution >= 4 is 24.2 Å². The molecule has 2 aliphatic heterocycles. The highest BCUT2D eigenvalue weighted by atomic mass is 35.5. The van der Waals surface area contributed by atoms with Crippen molar-refractivity contribution in [1.29, 1.82) is 0 Å². The summed E-state index contributed by atoms with van der Waals surface area (Å²) in [5, 5.41) is 6.56. The molecule has 4 aliphatic carbocycles. The summed E-state index contributed by atoms with van der Waals surface area (Å²) < 4.78 is 0. The first-order valence-electron chi connectivity index (χ1n) is 11.6. The summed E-state index contributed by atoms with van der Waals surface area (Å²) >= 11 is 0. The molecule has 2 N–H and O–H groups in total. The first-order valence-corrected chi connectivity index (χ1v) is 11.6. The molecule has 0 aromatic heterocycles. The number of amides is 2. The SMILES string of the molecule is Cl.O=C(CCNC(=O)C12CC3CC(CC(C3)C1)C2)N1CCC(N2CCNCC2)C1. The molecule has 6 fully saturated rings. The second-order valence-corrected chi connectivity index (χ2v) is 10.3. The highest BCUT2D eigenvalue weighted by molar-refractivity contribution is 5.85. The second kappa shape index (κ2) is 8.72. The lowest BCUT2D eigenvalue weighted by molar-refractivity contribution is -0.146. The van der Waals surface area contributed by atoms with Gasteiger partial charge in [0.15, 0.2) is 0 Å². The van der Waals surface area contributed by atoms with E-state index in [1.54, 1.807) is 0 Å². The Balaban J connectivity index is 0.00000205. The monoisotopic (exact) mass is 424 g/mol. The maximum atomic E-state index is 13.0. The predicted octanol–water partition coefficient (Wildman–Crippen LogP) is 1.64. The van der Waals surface area contributed by atoms with Crippen LogP contribution in [0.1, 0.15) is 51.4 Å². The average Bonchev–Trinajstić information content (AvgIpc) is 3.18. The summed E-state index contributed by atoms with van der Waals surface area (Å²) in [6.07, 6.45) is 8.89. The molecule has 0 aromatic rings. The lowest BCUT2D eigenvalue weighted by Crippen LogP contribution is -2.53. The number of halogens is 1. The molecule has 0 aromatic carbocycles. The molecule has 29 heavy (non-hydrogen) atoms. The number of hydrogen-bond acceptors (Lipinski definition) is 4. The van der Waals surface area contributed by atoms with E-state index >= 15 is 0 Å². The summed E-state index contributed by atoms with van der Waals surface area (Å²) in [4.78, 5) is 30.2. The molecule has 6 nitrogen and oxygen atoms in total. The van der Waals surface area contributed by atoms with Crippen molar-refractivity contribution in [2.45, 2.75) is 57.4 Å². The number of nitrogens with one attached hydrogen (secondary N) is 2. The van der Waals surface area contributed by atoms with Crippen LogP contribution in [-0.4, -0.2) is 73.5 Å². The van der Waals surface area contributed by atoms with Crippen LogP contribution in [0, 0.1) is 23.2 Å². The number of carbonyl (C=O) groups is 2. The summed E-state index contributed by atoms with van der Waals surface area (Å²) in [5.41, 5.74) is -0.0984. The minimum absolute atomic E-state index is 0. The van der Waals surface area contributed by atoms with Crippen molar-refractivity contribution in [2.24, 2.45) is 23.2 Å². The van der Waals surface area contributed by atoms with E-state index in [0.29, 0.717) is 19.0 Å². The Bertz CT molecular complexity index is 587. The van der Waals surface area contributed by atoms with Gasteiger partial charge in [-0.1, -0.05) is 0 Å². The third-order valence-corrected chi connectivity index (χ3v) is 8.33. The van der Waals surface area contributed by atoms with Crippen LogP contribution >= 0.6 is 12.4 Å². The summed E-state index contributed by atoms with van der Waals surface area (Å²) in [6, 6.07) is 0.521. The van der Waals surface area contributed by atoms with Gasteiger partial charge in [-0.25, -0.2) is 0 Å². The van der Waals surface area contributed by atoms with Gasteiger partial charge in [-0.05, 0) is 62.7 Å². The molecule has 6 aliphatic rings. The van der Waals surface area contributed by atoms with E-state index < -0.39 is 0 Å². The molecule has 0 spiro atoms. The molecule has 2 amide bonds. The first kappa shape index (κ1) is 21.4. The summed E-state index contributed by atoms with van der Waals surface area (Å²) in [5.74, 6) is 2.81. The van der Waals surface area contributed by atoms with E-state index in [1.807, 2.05) is 4.90 Å². The van der Waals surface area contributed by atoms with Crippen LogP contribution in [0.15, 0.2) is 0 Å². The average molecular weight is 425 g/mol. The van der Waals surface area contributed by atoms with Gasteiger partial charge in [0.25, 0.3) is 0 Å². The lowest BCUT2D eigenvalue weighted by atomic mass is 9.49. The Kier molecular flexibility index (Phi) is 6.43. The van der Waals surface area contributed by atoms with Crippen molar-refractivity contribution in [2.75, 3.05) is 45.8 Å². The first-order chi connectivity index (χ1) is 13.6. The zero-order valence-electron chi connectivity index (χ0n) is 17.5. The van der Waals surface area contributed by atoms with E-state index in [4.69, 9.17) is 0 Å². The predicted molar refractivity (Wildman–Crippen MR) is 115 cm³/mol. The standard InChI is InChI=1S/C22H36N4O2.ClH/c27-20(26-6-2-19(15-26)25-7-4-23-5-8-25)1-3-24-21(28)22-12-16-9-17(13-22)11-18(10-16)14-22;/h16-19,23H,1-15H2,(H,24,28);1H. The maximum absolute atomic E-state index is 13.0. The number of piperazine rings is 1. The fraction of sp³-hybridized carbons (Fsp3) is 0.909. The molecule has 1 unspecified atom stereocenters. The molecular weight excluding hydrogens is 388 g/mol. The highest BCUT2D eigenvalue weighted by Gasteiger charge is 2.54. The number of carbonyl (C=O) groups excluding carboxylic acids is 2. The van der Waals surface area contributed by atoms with Gasteiger partial charge in [0.05, 0.1) is 0 Å². The van der Waals surface area contributed by atoms with Gasteiger partial charge in [-0.3, -0.25) is 14.5 Å². The van der Waals surface area contributed by atoms with E-state index in [0.717, 1.165) is 82.7 Å². The molecule has 164 valence electrons. The van der Waals surface area contributed by atoms with Gasteiger partial charge in [0.2, 0.25) is 11.8 Å². The Morgan fingerprint density at radius 2 is 1.59 bits per heavy atom. The number of hydrogen-bond donors (Lipinski definition) is 2. The largest absolute Gasteiger partial charge is 0.355 e. The molecule has 2 heterocycles. The topological polar surface area (TPSA) is 64.7 Å². The van der Waals surface area contributed by atoms with Gasteiger partial charge in [0.1, 0.15) is 0 Å². The minimum atomic E-state index is -0.0984. The lowest BCUT2D eigenvalue weighted by Gasteiger charge is -2.55. The van der Waals surface area contributed by atoms with E-state index in [1.165, 1.54) is 19.3 Å². The summed E-state index contributed by atoms with van der Waals surface area (Å²) in [6.45, 7) is 6.54. The molecule has 6 rings (SSSR count). The number of nitrogens with zero attached hydrogens (tertiary/aromatic N) is 2. The number of likely N-dealkylation sites (tertiary alicyclic amines) is 1. The van der Waals surface area contributed by atoms with Crippen molar-refractivity contribution in [3.63, 3.8) is 0 Å². The quantitative estimate of drug-likeness (QED) is 0.704. The van der Waals surface area contributed by atoms with Crippen LogP contribution in [0.2, 0.25) is 0 Å². The second-order valence-electron chi connectivity index (χ2n) is 10.3. The fourth-order valence-electron chi connectivity index (χ4n) is 7.33.